The molecule has 0 fully saturated rings. The van der Waals surface area contributed by atoms with Gasteiger partial charge in [-0.1, -0.05) is 6.92 Å². The molecule has 7 heteroatoms. The molecular formula is C10H25N3O3S. The summed E-state index contributed by atoms with van der Waals surface area (Å²) < 4.78 is 32.7. The standard InChI is InChI=1S/C10H25N3O3S/c1-5-10(9-16-4)12-17(14,15)13(3)8-6-7-11-2/h10-12H,5-9H2,1-4H3. The first-order valence-corrected chi connectivity index (χ1v) is 7.29. The van der Waals surface area contributed by atoms with Gasteiger partial charge in [0.2, 0.25) is 0 Å². The second-order valence-corrected chi connectivity index (χ2v) is 5.77. The lowest BCUT2D eigenvalue weighted by Gasteiger charge is -2.22. The third-order valence-electron chi connectivity index (χ3n) is 2.49. The van der Waals surface area contributed by atoms with Crippen LogP contribution in [-0.4, -0.2) is 59.7 Å². The van der Waals surface area contributed by atoms with E-state index in [2.05, 4.69) is 10.0 Å². The largest absolute Gasteiger partial charge is 0.383 e. The lowest BCUT2D eigenvalue weighted by atomic mass is 10.3. The van der Waals surface area contributed by atoms with E-state index in [1.165, 1.54) is 4.31 Å². The molecule has 0 aliphatic rings. The Labute approximate surface area is 105 Å². The molecule has 0 aromatic heterocycles. The van der Waals surface area contributed by atoms with Gasteiger partial charge in [0, 0.05) is 26.7 Å². The fourth-order valence-electron chi connectivity index (χ4n) is 1.34. The van der Waals surface area contributed by atoms with Crippen LogP contribution in [0.1, 0.15) is 19.8 Å². The van der Waals surface area contributed by atoms with Crippen LogP contribution < -0.4 is 10.0 Å². The van der Waals surface area contributed by atoms with Crippen LogP contribution in [0.4, 0.5) is 0 Å². The van der Waals surface area contributed by atoms with Crippen LogP contribution in [0.2, 0.25) is 0 Å². The molecule has 0 radical (unpaired) electrons. The van der Waals surface area contributed by atoms with Crippen molar-refractivity contribution in [2.45, 2.75) is 25.8 Å². The normalized spacial score (nSPS) is 14.2. The number of ether oxygens (including phenoxy) is 1. The Balaban J connectivity index is 4.24. The first-order chi connectivity index (χ1) is 7.97. The van der Waals surface area contributed by atoms with Crippen LogP contribution in [0, 0.1) is 0 Å². The summed E-state index contributed by atoms with van der Waals surface area (Å²) in [6.45, 7) is 3.61. The van der Waals surface area contributed by atoms with Gasteiger partial charge in [-0.2, -0.15) is 17.4 Å². The highest BCUT2D eigenvalue weighted by atomic mass is 32.2. The molecule has 0 aliphatic carbocycles. The van der Waals surface area contributed by atoms with Gasteiger partial charge in [0.1, 0.15) is 0 Å². The Morgan fingerprint density at radius 1 is 1.41 bits per heavy atom. The van der Waals surface area contributed by atoms with E-state index in [0.29, 0.717) is 19.6 Å². The fraction of sp³-hybridized carbons (Fsp3) is 1.00. The van der Waals surface area contributed by atoms with Crippen molar-refractivity contribution >= 4 is 10.2 Å². The molecule has 0 amide bonds. The van der Waals surface area contributed by atoms with Gasteiger partial charge < -0.3 is 10.1 Å². The molecule has 0 saturated heterocycles. The van der Waals surface area contributed by atoms with E-state index in [9.17, 15) is 8.42 Å². The SMILES string of the molecule is CCC(COC)NS(=O)(=O)N(C)CCCNC. The molecule has 0 spiro atoms. The van der Waals surface area contributed by atoms with Crippen LogP contribution in [0.25, 0.3) is 0 Å². The van der Waals surface area contributed by atoms with Gasteiger partial charge in [0.25, 0.3) is 10.2 Å². The predicted molar refractivity (Wildman–Crippen MR) is 69.2 cm³/mol. The maximum absolute atomic E-state index is 11.9. The summed E-state index contributed by atoms with van der Waals surface area (Å²) in [4.78, 5) is 0. The highest BCUT2D eigenvalue weighted by molar-refractivity contribution is 7.87. The van der Waals surface area contributed by atoms with Crippen molar-refractivity contribution in [2.75, 3.05) is 40.9 Å². The van der Waals surface area contributed by atoms with E-state index >= 15 is 0 Å². The summed E-state index contributed by atoms with van der Waals surface area (Å²) in [5.41, 5.74) is 0. The molecule has 0 bridgehead atoms. The van der Waals surface area contributed by atoms with Crippen molar-refractivity contribution in [2.24, 2.45) is 0 Å². The minimum absolute atomic E-state index is 0.170. The van der Waals surface area contributed by atoms with Gasteiger partial charge >= 0.3 is 0 Å². The summed E-state index contributed by atoms with van der Waals surface area (Å²) in [5, 5.41) is 2.98. The molecule has 0 aromatic rings. The number of hydrogen-bond acceptors (Lipinski definition) is 4. The van der Waals surface area contributed by atoms with Gasteiger partial charge in [-0.3, -0.25) is 0 Å². The Kier molecular flexibility index (Phi) is 8.71. The zero-order valence-electron chi connectivity index (χ0n) is 11.2. The lowest BCUT2D eigenvalue weighted by molar-refractivity contribution is 0.172. The lowest BCUT2D eigenvalue weighted by Crippen LogP contribution is -2.45. The quantitative estimate of drug-likeness (QED) is 0.537. The van der Waals surface area contributed by atoms with Crippen LogP contribution in [0.15, 0.2) is 0 Å². The van der Waals surface area contributed by atoms with Crippen LogP contribution in [-0.2, 0) is 14.9 Å². The molecule has 1 atom stereocenters. The molecule has 1 unspecified atom stereocenters. The predicted octanol–water partition coefficient (Wildman–Crippen LogP) is -0.213. The second kappa shape index (κ2) is 8.82. The van der Waals surface area contributed by atoms with Crippen molar-refractivity contribution in [3.8, 4) is 0 Å². The average molecular weight is 267 g/mol. The Bertz CT molecular complexity index is 283. The molecule has 0 saturated carbocycles. The minimum atomic E-state index is -3.40. The molecule has 2 N–H and O–H groups in total. The summed E-state index contributed by atoms with van der Waals surface area (Å²) in [6.07, 6.45) is 1.49. The topological polar surface area (TPSA) is 70.7 Å². The van der Waals surface area contributed by atoms with Crippen LogP contribution in [0.3, 0.4) is 0 Å². The number of nitrogens with zero attached hydrogens (tertiary/aromatic N) is 1. The Morgan fingerprint density at radius 3 is 2.53 bits per heavy atom. The number of nitrogens with one attached hydrogen (secondary N) is 2. The van der Waals surface area contributed by atoms with E-state index in [1.807, 2.05) is 14.0 Å². The Morgan fingerprint density at radius 2 is 2.06 bits per heavy atom. The highest BCUT2D eigenvalue weighted by Crippen LogP contribution is 2.00. The molecule has 0 aliphatic heterocycles. The van der Waals surface area contributed by atoms with Gasteiger partial charge in [-0.15, -0.1) is 0 Å². The molecule has 0 rings (SSSR count). The summed E-state index contributed by atoms with van der Waals surface area (Å²) in [6, 6.07) is -0.170. The summed E-state index contributed by atoms with van der Waals surface area (Å²) in [5.74, 6) is 0. The number of rotatable bonds is 10. The summed E-state index contributed by atoms with van der Waals surface area (Å²) >= 11 is 0. The maximum Gasteiger partial charge on any atom is 0.279 e. The first-order valence-electron chi connectivity index (χ1n) is 5.85. The zero-order chi connectivity index (χ0) is 13.3. The smallest absolute Gasteiger partial charge is 0.279 e. The van der Waals surface area contributed by atoms with Crippen molar-refractivity contribution in [3.05, 3.63) is 0 Å². The van der Waals surface area contributed by atoms with Crippen LogP contribution in [0.5, 0.6) is 0 Å². The second-order valence-electron chi connectivity index (χ2n) is 3.96. The third kappa shape index (κ3) is 6.95. The van der Waals surface area contributed by atoms with E-state index < -0.39 is 10.2 Å². The van der Waals surface area contributed by atoms with Gasteiger partial charge in [0.15, 0.2) is 0 Å². The van der Waals surface area contributed by atoms with Crippen molar-refractivity contribution in [3.63, 3.8) is 0 Å². The molecule has 0 heterocycles. The van der Waals surface area contributed by atoms with Gasteiger partial charge in [0.05, 0.1) is 6.61 Å². The third-order valence-corrected chi connectivity index (χ3v) is 4.12. The fourth-order valence-corrected chi connectivity index (χ4v) is 2.54. The van der Waals surface area contributed by atoms with Gasteiger partial charge in [-0.25, -0.2) is 0 Å². The van der Waals surface area contributed by atoms with E-state index in [1.54, 1.807) is 14.2 Å². The zero-order valence-corrected chi connectivity index (χ0v) is 12.0. The van der Waals surface area contributed by atoms with Crippen molar-refractivity contribution in [1.29, 1.82) is 0 Å². The first kappa shape index (κ1) is 16.8. The van der Waals surface area contributed by atoms with Crippen molar-refractivity contribution in [1.82, 2.24) is 14.3 Å². The molecule has 6 nitrogen and oxygen atoms in total. The molecule has 104 valence electrons. The van der Waals surface area contributed by atoms with E-state index in [4.69, 9.17) is 4.74 Å². The monoisotopic (exact) mass is 267 g/mol. The maximum atomic E-state index is 11.9. The number of methoxy groups -OCH3 is 1. The van der Waals surface area contributed by atoms with E-state index in [0.717, 1.165) is 13.0 Å². The Hall–Kier alpha value is -0.210. The molecular weight excluding hydrogens is 242 g/mol. The molecule has 17 heavy (non-hydrogen) atoms. The average Bonchev–Trinajstić information content (AvgIpc) is 2.28. The molecule has 0 aromatic carbocycles. The van der Waals surface area contributed by atoms with Crippen molar-refractivity contribution < 1.29 is 13.2 Å². The number of hydrogen-bond donors (Lipinski definition) is 2. The van der Waals surface area contributed by atoms with Gasteiger partial charge in [-0.05, 0) is 26.4 Å². The summed E-state index contributed by atoms with van der Waals surface area (Å²) in [7, 11) is 1.59. The van der Waals surface area contributed by atoms with E-state index in [-0.39, 0.29) is 6.04 Å². The van der Waals surface area contributed by atoms with Crippen LogP contribution >= 0.6 is 0 Å². The minimum Gasteiger partial charge on any atom is -0.383 e. The highest BCUT2D eigenvalue weighted by Gasteiger charge is 2.20.